The number of allylic oxidation sites excluding steroid dienone is 1. The highest BCUT2D eigenvalue weighted by Gasteiger charge is 2.14. The molecule has 0 saturated heterocycles. The van der Waals surface area contributed by atoms with E-state index in [1.165, 1.54) is 6.20 Å². The molecule has 0 aliphatic heterocycles. The summed E-state index contributed by atoms with van der Waals surface area (Å²) in [5.74, 6) is 0.760. The fourth-order valence-corrected chi connectivity index (χ4v) is 3.01. The quantitative estimate of drug-likeness (QED) is 0.597. The zero-order chi connectivity index (χ0) is 19.4. The zero-order valence-corrected chi connectivity index (χ0v) is 15.2. The molecule has 0 atom stereocenters. The summed E-state index contributed by atoms with van der Waals surface area (Å²) >= 11 is 0. The highest BCUT2D eigenvalue weighted by Crippen LogP contribution is 2.25. The molecule has 2 aromatic carbocycles. The number of hydrogen-bond acceptors (Lipinski definition) is 6. The molecule has 0 fully saturated rings. The average Bonchev–Trinajstić information content (AvgIpc) is 2.72. The van der Waals surface area contributed by atoms with E-state index in [4.69, 9.17) is 16.2 Å². The maximum Gasteiger partial charge on any atom is 0.272 e. The molecule has 5 N–H and O–H groups in total. The van der Waals surface area contributed by atoms with E-state index in [1.54, 1.807) is 20.2 Å². The molecule has 0 aliphatic rings. The highest BCUT2D eigenvalue weighted by molar-refractivity contribution is 6.32. The van der Waals surface area contributed by atoms with Gasteiger partial charge in [0.15, 0.2) is 0 Å². The number of nitrogens with two attached hydrogens (primary N) is 2. The molecule has 0 unspecified atom stereocenters. The summed E-state index contributed by atoms with van der Waals surface area (Å²) in [6, 6.07) is 13.0. The molecule has 0 bridgehead atoms. The predicted octanol–water partition coefficient (Wildman–Crippen LogP) is 1.81. The Kier molecular flexibility index (Phi) is 5.33. The van der Waals surface area contributed by atoms with Crippen LogP contribution in [0.1, 0.15) is 16.8 Å². The van der Waals surface area contributed by atoms with Gasteiger partial charge in [0.25, 0.3) is 5.56 Å². The topological polar surface area (TPSA) is 119 Å². The van der Waals surface area contributed by atoms with Crippen LogP contribution in [-0.4, -0.2) is 30.1 Å². The number of H-pyrrole nitrogens is 1. The van der Waals surface area contributed by atoms with Crippen LogP contribution in [0.2, 0.25) is 0 Å². The van der Waals surface area contributed by atoms with E-state index in [0.29, 0.717) is 16.5 Å². The van der Waals surface area contributed by atoms with Crippen molar-refractivity contribution in [3.05, 3.63) is 75.8 Å². The Labute approximate surface area is 156 Å². The van der Waals surface area contributed by atoms with Gasteiger partial charge in [-0.25, -0.2) is 5.10 Å². The van der Waals surface area contributed by atoms with Crippen LogP contribution in [0.4, 0.5) is 0 Å². The first kappa shape index (κ1) is 18.3. The summed E-state index contributed by atoms with van der Waals surface area (Å²) in [7, 11) is 3.33. The molecule has 0 saturated carbocycles. The van der Waals surface area contributed by atoms with Crippen LogP contribution >= 0.6 is 0 Å². The second kappa shape index (κ2) is 7.84. The Hall–Kier alpha value is -3.45. The summed E-state index contributed by atoms with van der Waals surface area (Å²) in [6.45, 7) is 0.214. The van der Waals surface area contributed by atoms with E-state index >= 15 is 0 Å². The summed E-state index contributed by atoms with van der Waals surface area (Å²) in [5, 5.41) is 7.73. The first-order chi connectivity index (χ1) is 13.1. The number of aromatic amines is 1. The molecule has 3 rings (SSSR count). The van der Waals surface area contributed by atoms with Crippen molar-refractivity contribution in [1.29, 1.82) is 0 Å². The lowest BCUT2D eigenvalue weighted by molar-refractivity contribution is 0.415. The highest BCUT2D eigenvalue weighted by atomic mass is 16.5. The monoisotopic (exact) mass is 363 g/mol. The second-order valence-corrected chi connectivity index (χ2v) is 5.84. The van der Waals surface area contributed by atoms with Crippen LogP contribution in [0.3, 0.4) is 0 Å². The lowest BCUT2D eigenvalue weighted by Crippen LogP contribution is -2.14. The van der Waals surface area contributed by atoms with Gasteiger partial charge in [0, 0.05) is 36.3 Å². The van der Waals surface area contributed by atoms with Crippen LogP contribution in [0.25, 0.3) is 16.3 Å². The number of nitrogens with zero attached hydrogens (tertiary/aromatic N) is 2. The third-order valence-corrected chi connectivity index (χ3v) is 4.38. The fourth-order valence-electron chi connectivity index (χ4n) is 3.01. The van der Waals surface area contributed by atoms with Crippen LogP contribution < -0.4 is 21.8 Å². The molecule has 3 aromatic rings. The lowest BCUT2D eigenvalue weighted by atomic mass is 9.94. The van der Waals surface area contributed by atoms with Gasteiger partial charge in [-0.3, -0.25) is 9.79 Å². The van der Waals surface area contributed by atoms with Gasteiger partial charge in [-0.15, -0.1) is 0 Å². The number of benzene rings is 2. The minimum Gasteiger partial charge on any atom is -0.497 e. The molecular formula is C20H21N5O2. The Morgan fingerprint density at radius 3 is 2.48 bits per heavy atom. The molecule has 7 nitrogen and oxygen atoms in total. The van der Waals surface area contributed by atoms with Gasteiger partial charge in [0.1, 0.15) is 5.75 Å². The first-order valence-corrected chi connectivity index (χ1v) is 8.38. The van der Waals surface area contributed by atoms with Crippen LogP contribution in [0, 0.1) is 0 Å². The Balaban J connectivity index is 2.13. The maximum absolute atomic E-state index is 12.0. The number of methoxy groups -OCH3 is 1. The number of aromatic nitrogens is 2. The van der Waals surface area contributed by atoms with Crippen LogP contribution in [0.5, 0.6) is 5.75 Å². The lowest BCUT2D eigenvalue weighted by Gasteiger charge is -2.13. The number of rotatable bonds is 5. The molecule has 27 heavy (non-hydrogen) atoms. The normalized spacial score (nSPS) is 12.4. The minimum absolute atomic E-state index is 0.214. The summed E-state index contributed by atoms with van der Waals surface area (Å²) in [5.41, 5.74) is 15.3. The smallest absolute Gasteiger partial charge is 0.272 e. The van der Waals surface area contributed by atoms with Gasteiger partial charge in [-0.1, -0.05) is 6.07 Å². The van der Waals surface area contributed by atoms with E-state index in [-0.39, 0.29) is 12.1 Å². The largest absolute Gasteiger partial charge is 0.497 e. The van der Waals surface area contributed by atoms with Gasteiger partial charge in [0.05, 0.1) is 23.9 Å². The third-order valence-electron chi connectivity index (χ3n) is 4.38. The Morgan fingerprint density at radius 1 is 1.19 bits per heavy atom. The number of aliphatic imine (C=N–C) groups is 1. The van der Waals surface area contributed by atoms with Gasteiger partial charge < -0.3 is 16.2 Å². The minimum atomic E-state index is -0.258. The molecule has 7 heteroatoms. The van der Waals surface area contributed by atoms with Gasteiger partial charge in [-0.05, 0) is 42.0 Å². The Bertz CT molecular complexity index is 1080. The number of hydrogen-bond donors (Lipinski definition) is 3. The number of nitrogens with one attached hydrogen (secondary N) is 1. The van der Waals surface area contributed by atoms with Crippen molar-refractivity contribution < 1.29 is 4.74 Å². The number of ether oxygens (including phenoxy) is 1. The van der Waals surface area contributed by atoms with Crippen molar-refractivity contribution in [1.82, 2.24) is 10.2 Å². The molecule has 1 heterocycles. The van der Waals surface area contributed by atoms with Gasteiger partial charge in [-0.2, -0.15) is 5.10 Å². The van der Waals surface area contributed by atoms with E-state index in [2.05, 4.69) is 15.2 Å². The predicted molar refractivity (Wildman–Crippen MR) is 108 cm³/mol. The molecule has 1 aromatic heterocycles. The fraction of sp³-hybridized carbons (Fsp3) is 0.150. The van der Waals surface area contributed by atoms with Crippen molar-refractivity contribution >= 4 is 22.1 Å². The maximum atomic E-state index is 12.0. The van der Waals surface area contributed by atoms with E-state index in [0.717, 1.165) is 28.2 Å². The summed E-state index contributed by atoms with van der Waals surface area (Å²) < 4.78 is 5.21. The van der Waals surface area contributed by atoms with E-state index in [1.807, 2.05) is 36.4 Å². The van der Waals surface area contributed by atoms with Crippen molar-refractivity contribution in [3.63, 3.8) is 0 Å². The zero-order valence-electron chi connectivity index (χ0n) is 15.2. The van der Waals surface area contributed by atoms with Gasteiger partial charge >= 0.3 is 0 Å². The average molecular weight is 363 g/mol. The van der Waals surface area contributed by atoms with Gasteiger partial charge in [0.2, 0.25) is 0 Å². The number of fused-ring (bicyclic) bond motifs is 1. The van der Waals surface area contributed by atoms with Crippen molar-refractivity contribution in [2.75, 3.05) is 14.2 Å². The SMILES string of the molecule is CN=C(/C(=C\N)c1ccc2c(=O)[nH]nc(CN)c2c1)c1ccc(OC)cc1. The summed E-state index contributed by atoms with van der Waals surface area (Å²) in [4.78, 5) is 16.5. The van der Waals surface area contributed by atoms with Crippen LogP contribution in [-0.2, 0) is 6.54 Å². The van der Waals surface area contributed by atoms with Crippen LogP contribution in [0.15, 0.2) is 58.5 Å². The van der Waals surface area contributed by atoms with Crippen molar-refractivity contribution in [2.45, 2.75) is 6.54 Å². The van der Waals surface area contributed by atoms with E-state index < -0.39 is 0 Å². The molecule has 138 valence electrons. The standard InChI is InChI=1S/C20H21N5O2/c1-23-19(12-3-6-14(27-2)7-4-12)17(10-21)13-5-8-15-16(9-13)18(11-22)24-25-20(15)26/h3-10H,11,21-22H2,1-2H3,(H,25,26)/b17-10-,23-19?. The molecule has 0 spiro atoms. The van der Waals surface area contributed by atoms with Crippen molar-refractivity contribution in [2.24, 2.45) is 16.5 Å². The molecule has 0 amide bonds. The molecule has 0 radical (unpaired) electrons. The molecular weight excluding hydrogens is 342 g/mol. The van der Waals surface area contributed by atoms with Crippen molar-refractivity contribution in [3.8, 4) is 5.75 Å². The Morgan fingerprint density at radius 2 is 1.89 bits per heavy atom. The third kappa shape index (κ3) is 3.45. The summed E-state index contributed by atoms with van der Waals surface area (Å²) in [6.07, 6.45) is 1.51. The second-order valence-electron chi connectivity index (χ2n) is 5.84. The first-order valence-electron chi connectivity index (χ1n) is 8.38. The van der Waals surface area contributed by atoms with E-state index in [9.17, 15) is 4.79 Å². The molecule has 0 aliphatic carbocycles.